The van der Waals surface area contributed by atoms with E-state index in [9.17, 15) is 4.39 Å². The number of benzene rings is 1. The first-order valence-electron chi connectivity index (χ1n) is 6.37. The van der Waals surface area contributed by atoms with Gasteiger partial charge in [-0.15, -0.1) is 11.3 Å². The Hall–Kier alpha value is -1.85. The van der Waals surface area contributed by atoms with Crippen molar-refractivity contribution in [3.63, 3.8) is 0 Å². The Kier molecular flexibility index (Phi) is 3.94. The van der Waals surface area contributed by atoms with E-state index in [1.165, 1.54) is 6.07 Å². The molecule has 2 heterocycles. The zero-order valence-corrected chi connectivity index (χ0v) is 12.8. The number of nitrogens with zero attached hydrogens (tertiary/aromatic N) is 2. The number of hydrogen-bond donors (Lipinski definition) is 1. The van der Waals surface area contributed by atoms with Gasteiger partial charge in [0.2, 0.25) is 0 Å². The summed E-state index contributed by atoms with van der Waals surface area (Å²) >= 11 is 7.49. The highest BCUT2D eigenvalue weighted by atomic mass is 35.5. The Labute approximate surface area is 131 Å². The minimum atomic E-state index is -0.424. The van der Waals surface area contributed by atoms with Crippen molar-refractivity contribution in [1.82, 2.24) is 9.55 Å². The van der Waals surface area contributed by atoms with Gasteiger partial charge in [0.05, 0.1) is 5.02 Å². The lowest BCUT2D eigenvalue weighted by molar-refractivity contribution is 0.628. The number of aromatic nitrogens is 2. The number of imidazole rings is 1. The topological polar surface area (TPSA) is 29.9 Å². The number of hydrogen-bond acceptors (Lipinski definition) is 3. The molecule has 6 heteroatoms. The summed E-state index contributed by atoms with van der Waals surface area (Å²) in [4.78, 5) is 5.54. The second kappa shape index (κ2) is 5.87. The van der Waals surface area contributed by atoms with Crippen LogP contribution in [0.15, 0.2) is 48.1 Å². The number of rotatable bonds is 4. The second-order valence-corrected chi connectivity index (χ2v) is 6.00. The van der Waals surface area contributed by atoms with E-state index < -0.39 is 5.82 Å². The summed E-state index contributed by atoms with van der Waals surface area (Å²) in [6, 6.07) is 8.54. The molecular formula is C15H13ClFN3S. The van der Waals surface area contributed by atoms with Gasteiger partial charge in [0.1, 0.15) is 17.7 Å². The molecule has 0 aliphatic rings. The van der Waals surface area contributed by atoms with Crippen LogP contribution in [0.2, 0.25) is 5.02 Å². The zero-order chi connectivity index (χ0) is 14.8. The highest BCUT2D eigenvalue weighted by Gasteiger charge is 2.19. The Bertz CT molecular complexity index is 739. The minimum absolute atomic E-state index is 0.102. The fourth-order valence-corrected chi connectivity index (χ4v) is 3.08. The summed E-state index contributed by atoms with van der Waals surface area (Å²) in [6.07, 6.45) is 3.66. The Morgan fingerprint density at radius 3 is 2.86 bits per heavy atom. The largest absolute Gasteiger partial charge is 0.371 e. The monoisotopic (exact) mass is 321 g/mol. The number of nitrogens with one attached hydrogen (secondary N) is 1. The predicted molar refractivity (Wildman–Crippen MR) is 84.4 cm³/mol. The Morgan fingerprint density at radius 2 is 2.24 bits per heavy atom. The number of halogens is 2. The molecule has 0 amide bonds. The van der Waals surface area contributed by atoms with Crippen LogP contribution in [0.4, 0.5) is 10.1 Å². The van der Waals surface area contributed by atoms with Gasteiger partial charge in [0.25, 0.3) is 0 Å². The van der Waals surface area contributed by atoms with Gasteiger partial charge >= 0.3 is 0 Å². The van der Waals surface area contributed by atoms with Crippen molar-refractivity contribution in [3.8, 4) is 0 Å². The maximum Gasteiger partial charge on any atom is 0.141 e. The maximum absolute atomic E-state index is 13.3. The van der Waals surface area contributed by atoms with E-state index in [1.807, 2.05) is 35.3 Å². The third-order valence-corrected chi connectivity index (χ3v) is 4.40. The van der Waals surface area contributed by atoms with Crippen molar-refractivity contribution in [3.05, 3.63) is 69.6 Å². The predicted octanol–water partition coefficient (Wildman–Crippen LogP) is 4.48. The smallest absolute Gasteiger partial charge is 0.141 e. The van der Waals surface area contributed by atoms with Gasteiger partial charge in [-0.05, 0) is 29.6 Å². The molecule has 21 heavy (non-hydrogen) atoms. The first-order valence-corrected chi connectivity index (χ1v) is 7.63. The quantitative estimate of drug-likeness (QED) is 0.768. The van der Waals surface area contributed by atoms with Crippen molar-refractivity contribution in [2.24, 2.45) is 7.05 Å². The SMILES string of the molecule is Cn1ccnc1C(Nc1ccc(F)c(Cl)c1)c1cccs1. The summed E-state index contributed by atoms with van der Waals surface area (Å²) in [7, 11) is 1.95. The molecule has 0 aliphatic heterocycles. The molecule has 3 aromatic rings. The molecule has 1 unspecified atom stereocenters. The molecule has 0 aliphatic carbocycles. The van der Waals surface area contributed by atoms with E-state index in [4.69, 9.17) is 11.6 Å². The summed E-state index contributed by atoms with van der Waals surface area (Å²) in [5.74, 6) is 0.463. The first kappa shape index (κ1) is 14.1. The lowest BCUT2D eigenvalue weighted by Gasteiger charge is -2.19. The average Bonchev–Trinajstić information content (AvgIpc) is 3.12. The molecule has 0 radical (unpaired) electrons. The lowest BCUT2D eigenvalue weighted by atomic mass is 10.2. The van der Waals surface area contributed by atoms with E-state index >= 15 is 0 Å². The Balaban J connectivity index is 1.97. The maximum atomic E-state index is 13.3. The lowest BCUT2D eigenvalue weighted by Crippen LogP contribution is -2.15. The molecule has 3 rings (SSSR count). The second-order valence-electron chi connectivity index (χ2n) is 4.62. The summed E-state index contributed by atoms with van der Waals surface area (Å²) in [6.45, 7) is 0. The summed E-state index contributed by atoms with van der Waals surface area (Å²) in [5, 5.41) is 5.49. The molecule has 0 saturated carbocycles. The number of anilines is 1. The van der Waals surface area contributed by atoms with Gasteiger partial charge in [-0.3, -0.25) is 0 Å². The van der Waals surface area contributed by atoms with E-state index in [-0.39, 0.29) is 11.1 Å². The first-order chi connectivity index (χ1) is 10.1. The van der Waals surface area contributed by atoms with Gasteiger partial charge in [0.15, 0.2) is 0 Å². The number of thiophene rings is 1. The normalized spacial score (nSPS) is 12.3. The van der Waals surface area contributed by atoms with Crippen molar-refractivity contribution >= 4 is 28.6 Å². The average molecular weight is 322 g/mol. The number of aryl methyl sites for hydroxylation is 1. The molecular weight excluding hydrogens is 309 g/mol. The van der Waals surface area contributed by atoms with Gasteiger partial charge < -0.3 is 9.88 Å². The standard InChI is InChI=1S/C15H13ClFN3S/c1-20-7-6-18-15(20)14(13-3-2-8-21-13)19-10-4-5-12(17)11(16)9-10/h2-9,14,19H,1H3. The molecule has 2 aromatic heterocycles. The van der Waals surface area contributed by atoms with Crippen LogP contribution in [-0.4, -0.2) is 9.55 Å². The molecule has 0 saturated heterocycles. The van der Waals surface area contributed by atoms with Crippen molar-refractivity contribution in [1.29, 1.82) is 0 Å². The molecule has 108 valence electrons. The van der Waals surface area contributed by atoms with Gasteiger partial charge in [-0.1, -0.05) is 17.7 Å². The van der Waals surface area contributed by atoms with Crippen LogP contribution in [-0.2, 0) is 7.05 Å². The van der Waals surface area contributed by atoms with E-state index in [0.29, 0.717) is 0 Å². The zero-order valence-electron chi connectivity index (χ0n) is 11.3. The van der Waals surface area contributed by atoms with Gasteiger partial charge in [-0.2, -0.15) is 0 Å². The van der Waals surface area contributed by atoms with Gasteiger partial charge in [0, 0.05) is 30.0 Å². The molecule has 1 N–H and O–H groups in total. The molecule has 1 aromatic carbocycles. The molecule has 0 bridgehead atoms. The highest BCUT2D eigenvalue weighted by Crippen LogP contribution is 2.30. The summed E-state index contributed by atoms with van der Waals surface area (Å²) < 4.78 is 15.2. The Morgan fingerprint density at radius 1 is 1.38 bits per heavy atom. The van der Waals surface area contributed by atoms with Crippen molar-refractivity contribution in [2.45, 2.75) is 6.04 Å². The fourth-order valence-electron chi connectivity index (χ4n) is 2.13. The molecule has 3 nitrogen and oxygen atoms in total. The third-order valence-electron chi connectivity index (χ3n) is 3.17. The molecule has 0 fully saturated rings. The van der Waals surface area contributed by atoms with Crippen LogP contribution in [0.25, 0.3) is 0 Å². The van der Waals surface area contributed by atoms with Crippen LogP contribution in [0, 0.1) is 5.82 Å². The minimum Gasteiger partial charge on any atom is -0.371 e. The van der Waals surface area contributed by atoms with Crippen molar-refractivity contribution < 1.29 is 4.39 Å². The molecule has 1 atom stereocenters. The van der Waals surface area contributed by atoms with Crippen molar-refractivity contribution in [2.75, 3.05) is 5.32 Å². The van der Waals surface area contributed by atoms with Crippen LogP contribution in [0.1, 0.15) is 16.7 Å². The highest BCUT2D eigenvalue weighted by molar-refractivity contribution is 7.10. The van der Waals surface area contributed by atoms with E-state index in [0.717, 1.165) is 16.4 Å². The van der Waals surface area contributed by atoms with Crippen LogP contribution >= 0.6 is 22.9 Å². The van der Waals surface area contributed by atoms with Crippen LogP contribution in [0.5, 0.6) is 0 Å². The molecule has 0 spiro atoms. The summed E-state index contributed by atoms with van der Waals surface area (Å²) in [5.41, 5.74) is 0.753. The van der Waals surface area contributed by atoms with Gasteiger partial charge in [-0.25, -0.2) is 9.37 Å². The van der Waals surface area contributed by atoms with E-state index in [1.54, 1.807) is 29.7 Å². The van der Waals surface area contributed by atoms with Crippen LogP contribution in [0.3, 0.4) is 0 Å². The van der Waals surface area contributed by atoms with Crippen LogP contribution < -0.4 is 5.32 Å². The third kappa shape index (κ3) is 2.94. The fraction of sp³-hybridized carbons (Fsp3) is 0.133. The van der Waals surface area contributed by atoms with E-state index in [2.05, 4.69) is 10.3 Å².